The molecule has 2 rings (SSSR count). The van der Waals surface area contributed by atoms with Gasteiger partial charge < -0.3 is 14.9 Å². The second-order valence-electron chi connectivity index (χ2n) is 4.68. The van der Waals surface area contributed by atoms with E-state index in [0.29, 0.717) is 25.6 Å². The fraction of sp³-hybridized carbons (Fsp3) is 0.818. The van der Waals surface area contributed by atoms with Crippen LogP contribution in [0, 0.1) is 5.92 Å². The van der Waals surface area contributed by atoms with E-state index in [0.717, 1.165) is 17.9 Å². The molecule has 2 unspecified atom stereocenters. The van der Waals surface area contributed by atoms with Crippen molar-refractivity contribution in [3.05, 3.63) is 0 Å². The van der Waals surface area contributed by atoms with Crippen LogP contribution < -0.4 is 0 Å². The largest absolute Gasteiger partial charge is 0.481 e. The molecule has 6 heteroatoms. The van der Waals surface area contributed by atoms with Gasteiger partial charge >= 0.3 is 12.0 Å². The molecule has 0 aliphatic carbocycles. The van der Waals surface area contributed by atoms with Gasteiger partial charge in [0.15, 0.2) is 0 Å². The summed E-state index contributed by atoms with van der Waals surface area (Å²) in [5, 5.41) is 8.91. The van der Waals surface area contributed by atoms with Gasteiger partial charge in [-0.1, -0.05) is 0 Å². The van der Waals surface area contributed by atoms with Crippen molar-refractivity contribution >= 4 is 23.8 Å². The molecular weight excluding hydrogens is 240 g/mol. The molecule has 0 spiro atoms. The number of hydrogen-bond acceptors (Lipinski definition) is 3. The lowest BCUT2D eigenvalue weighted by atomic mass is 10.1. The lowest BCUT2D eigenvalue weighted by Gasteiger charge is -2.28. The molecule has 17 heavy (non-hydrogen) atoms. The highest BCUT2D eigenvalue weighted by Crippen LogP contribution is 2.24. The van der Waals surface area contributed by atoms with Crippen LogP contribution in [0.1, 0.15) is 12.8 Å². The Hall–Kier alpha value is -0.910. The quantitative estimate of drug-likeness (QED) is 0.801. The van der Waals surface area contributed by atoms with Crippen molar-refractivity contribution in [2.24, 2.45) is 5.92 Å². The number of rotatable bonds is 2. The normalized spacial score (nSPS) is 28.4. The van der Waals surface area contributed by atoms with Gasteiger partial charge in [-0.2, -0.15) is 11.8 Å². The molecule has 96 valence electrons. The Morgan fingerprint density at radius 2 is 2.18 bits per heavy atom. The zero-order valence-electron chi connectivity index (χ0n) is 9.96. The second-order valence-corrected chi connectivity index (χ2v) is 5.83. The molecule has 0 bridgehead atoms. The standard InChI is InChI=1S/C11H18N2O3S/c1-12(9-3-5-17-7-9)11(16)13-4-2-8(6-13)10(14)15/h8-9H,2-7H2,1H3,(H,14,15). The fourth-order valence-corrected chi connectivity index (χ4v) is 3.61. The first-order valence-electron chi connectivity index (χ1n) is 5.92. The smallest absolute Gasteiger partial charge is 0.320 e. The summed E-state index contributed by atoms with van der Waals surface area (Å²) in [7, 11) is 1.83. The number of carbonyl (C=O) groups excluding carboxylic acids is 1. The van der Waals surface area contributed by atoms with Crippen LogP contribution in [0.15, 0.2) is 0 Å². The van der Waals surface area contributed by atoms with Crippen molar-refractivity contribution in [1.82, 2.24) is 9.80 Å². The van der Waals surface area contributed by atoms with Crippen molar-refractivity contribution in [2.45, 2.75) is 18.9 Å². The third-order valence-corrected chi connectivity index (χ3v) is 4.71. The van der Waals surface area contributed by atoms with Crippen LogP contribution in [-0.4, -0.2) is 64.6 Å². The Labute approximate surface area is 105 Å². The van der Waals surface area contributed by atoms with E-state index >= 15 is 0 Å². The molecule has 2 amide bonds. The molecule has 2 fully saturated rings. The van der Waals surface area contributed by atoms with Gasteiger partial charge in [-0.05, 0) is 18.6 Å². The SMILES string of the molecule is CN(C(=O)N1CCC(C(=O)O)C1)C1CCSC1. The zero-order chi connectivity index (χ0) is 12.4. The van der Waals surface area contributed by atoms with E-state index < -0.39 is 5.97 Å². The van der Waals surface area contributed by atoms with Gasteiger partial charge in [0, 0.05) is 31.9 Å². The minimum Gasteiger partial charge on any atom is -0.481 e. The number of thioether (sulfide) groups is 1. The fourth-order valence-electron chi connectivity index (χ4n) is 2.34. The molecule has 0 saturated carbocycles. The topological polar surface area (TPSA) is 60.9 Å². The van der Waals surface area contributed by atoms with Crippen molar-refractivity contribution in [3.63, 3.8) is 0 Å². The van der Waals surface area contributed by atoms with E-state index in [1.807, 2.05) is 18.8 Å². The number of likely N-dealkylation sites (tertiary alicyclic amines) is 1. The average molecular weight is 258 g/mol. The molecule has 0 aromatic heterocycles. The van der Waals surface area contributed by atoms with E-state index in [4.69, 9.17) is 5.11 Å². The number of carboxylic acid groups (broad SMARTS) is 1. The summed E-state index contributed by atoms with van der Waals surface area (Å²) in [4.78, 5) is 26.4. The third-order valence-electron chi connectivity index (χ3n) is 3.56. The van der Waals surface area contributed by atoms with Gasteiger partial charge in [0.2, 0.25) is 0 Å². The molecule has 2 aliphatic heterocycles. The summed E-state index contributed by atoms with van der Waals surface area (Å²) in [6.07, 6.45) is 1.62. The highest BCUT2D eigenvalue weighted by atomic mass is 32.2. The molecule has 2 aliphatic rings. The molecule has 5 nitrogen and oxygen atoms in total. The van der Waals surface area contributed by atoms with Gasteiger partial charge in [-0.3, -0.25) is 4.79 Å². The van der Waals surface area contributed by atoms with Gasteiger partial charge in [-0.25, -0.2) is 4.79 Å². The molecule has 0 aromatic rings. The molecule has 2 heterocycles. The number of urea groups is 1. The summed E-state index contributed by atoms with van der Waals surface area (Å²) < 4.78 is 0. The van der Waals surface area contributed by atoms with Crippen LogP contribution in [0.2, 0.25) is 0 Å². The van der Waals surface area contributed by atoms with E-state index in [2.05, 4.69) is 0 Å². The summed E-state index contributed by atoms with van der Waals surface area (Å²) >= 11 is 1.87. The molecule has 1 N–H and O–H groups in total. The minimum absolute atomic E-state index is 0.0127. The summed E-state index contributed by atoms with van der Waals surface area (Å²) in [6.45, 7) is 0.929. The molecule has 2 atom stereocenters. The lowest BCUT2D eigenvalue weighted by Crippen LogP contribution is -2.45. The Morgan fingerprint density at radius 3 is 2.71 bits per heavy atom. The second kappa shape index (κ2) is 5.16. The Bertz CT molecular complexity index is 318. The van der Waals surface area contributed by atoms with E-state index in [9.17, 15) is 9.59 Å². The number of amides is 2. The van der Waals surface area contributed by atoms with Crippen LogP contribution in [0.25, 0.3) is 0 Å². The number of carboxylic acids is 1. The van der Waals surface area contributed by atoms with Crippen LogP contribution in [0.3, 0.4) is 0 Å². The minimum atomic E-state index is -0.792. The predicted molar refractivity (Wildman–Crippen MR) is 66.2 cm³/mol. The average Bonchev–Trinajstić information content (AvgIpc) is 2.97. The van der Waals surface area contributed by atoms with E-state index in [-0.39, 0.29) is 11.9 Å². The zero-order valence-corrected chi connectivity index (χ0v) is 10.8. The van der Waals surface area contributed by atoms with Crippen LogP contribution >= 0.6 is 11.8 Å². The van der Waals surface area contributed by atoms with Gasteiger partial charge in [-0.15, -0.1) is 0 Å². The van der Waals surface area contributed by atoms with Crippen molar-refractivity contribution in [2.75, 3.05) is 31.6 Å². The van der Waals surface area contributed by atoms with E-state index in [1.54, 1.807) is 9.80 Å². The third kappa shape index (κ3) is 2.68. The van der Waals surface area contributed by atoms with Crippen molar-refractivity contribution in [3.8, 4) is 0 Å². The van der Waals surface area contributed by atoms with Crippen molar-refractivity contribution < 1.29 is 14.7 Å². The maximum absolute atomic E-state index is 12.2. The predicted octanol–water partition coefficient (Wildman–Crippen LogP) is 0.950. The Balaban J connectivity index is 1.89. The van der Waals surface area contributed by atoms with Gasteiger partial charge in [0.1, 0.15) is 0 Å². The lowest BCUT2D eigenvalue weighted by molar-refractivity contribution is -0.141. The number of carbonyl (C=O) groups is 2. The maximum Gasteiger partial charge on any atom is 0.320 e. The van der Waals surface area contributed by atoms with Gasteiger partial charge in [0.25, 0.3) is 0 Å². The van der Waals surface area contributed by atoms with Crippen LogP contribution in [0.5, 0.6) is 0 Å². The first-order chi connectivity index (χ1) is 8.09. The first-order valence-corrected chi connectivity index (χ1v) is 7.07. The first kappa shape index (κ1) is 12.5. The molecule has 0 aromatic carbocycles. The van der Waals surface area contributed by atoms with Crippen LogP contribution in [-0.2, 0) is 4.79 Å². The summed E-state index contributed by atoms with van der Waals surface area (Å²) in [5.74, 6) is 0.933. The van der Waals surface area contributed by atoms with Crippen LogP contribution in [0.4, 0.5) is 4.79 Å². The number of hydrogen-bond donors (Lipinski definition) is 1. The number of nitrogens with zero attached hydrogens (tertiary/aromatic N) is 2. The summed E-state index contributed by atoms with van der Waals surface area (Å²) in [5.41, 5.74) is 0. The Morgan fingerprint density at radius 1 is 1.41 bits per heavy atom. The monoisotopic (exact) mass is 258 g/mol. The highest BCUT2D eigenvalue weighted by Gasteiger charge is 2.34. The van der Waals surface area contributed by atoms with Gasteiger partial charge in [0.05, 0.1) is 5.92 Å². The molecular formula is C11H18N2O3S. The Kier molecular flexibility index (Phi) is 3.81. The van der Waals surface area contributed by atoms with Crippen molar-refractivity contribution in [1.29, 1.82) is 0 Å². The molecule has 2 saturated heterocycles. The van der Waals surface area contributed by atoms with E-state index in [1.165, 1.54) is 0 Å². The number of aliphatic carboxylic acids is 1. The maximum atomic E-state index is 12.2. The summed E-state index contributed by atoms with van der Waals surface area (Å²) in [6, 6.07) is 0.303. The highest BCUT2D eigenvalue weighted by molar-refractivity contribution is 7.99. The molecule has 0 radical (unpaired) electrons.